The van der Waals surface area contributed by atoms with Gasteiger partial charge < -0.3 is 5.32 Å². The van der Waals surface area contributed by atoms with Crippen LogP contribution in [0.1, 0.15) is 5.56 Å². The first-order chi connectivity index (χ1) is 11.7. The van der Waals surface area contributed by atoms with Crippen LogP contribution in [-0.2, 0) is 0 Å². The number of benzene rings is 2. The molecule has 0 fully saturated rings. The molecule has 5 nitrogen and oxygen atoms in total. The minimum absolute atomic E-state index is 0.144. The van der Waals surface area contributed by atoms with Gasteiger partial charge in [-0.25, -0.2) is 14.4 Å². The van der Waals surface area contributed by atoms with Crippen LogP contribution in [0.4, 0.5) is 10.1 Å². The molecule has 1 heterocycles. The normalized spacial score (nSPS) is 12.7. The highest BCUT2D eigenvalue weighted by Crippen LogP contribution is 2.20. The van der Waals surface area contributed by atoms with Gasteiger partial charge in [0.15, 0.2) is 17.2 Å². The van der Waals surface area contributed by atoms with Gasteiger partial charge in [-0.3, -0.25) is 0 Å². The molecule has 0 saturated heterocycles. The molecular formula is C18H10FN5. The van der Waals surface area contributed by atoms with Gasteiger partial charge in [-0.1, -0.05) is 30.3 Å². The fourth-order valence-electron chi connectivity index (χ4n) is 2.12. The van der Waals surface area contributed by atoms with E-state index >= 15 is 0 Å². The first-order valence-electron chi connectivity index (χ1n) is 7.01. The first-order valence-corrected chi connectivity index (χ1v) is 7.01. The third-order valence-corrected chi connectivity index (χ3v) is 3.26. The number of hydrogen-bond donors (Lipinski definition) is 1. The molecule has 2 aromatic carbocycles. The van der Waals surface area contributed by atoms with Crippen molar-refractivity contribution < 1.29 is 4.39 Å². The largest absolute Gasteiger partial charge is 0.338 e. The predicted molar refractivity (Wildman–Crippen MR) is 88.7 cm³/mol. The summed E-state index contributed by atoms with van der Waals surface area (Å²) >= 11 is 0. The second-order valence-electron chi connectivity index (χ2n) is 4.84. The lowest BCUT2D eigenvalue weighted by atomic mass is 10.2. The van der Waals surface area contributed by atoms with Crippen LogP contribution in [0.15, 0.2) is 75.9 Å². The van der Waals surface area contributed by atoms with E-state index in [4.69, 9.17) is 10.5 Å². The number of amidine groups is 2. The topological polar surface area (TPSA) is 84.3 Å². The number of nitrogens with zero attached hydrogens (tertiary/aromatic N) is 4. The van der Waals surface area contributed by atoms with Gasteiger partial charge in [0.05, 0.1) is 0 Å². The van der Waals surface area contributed by atoms with Crippen LogP contribution in [0, 0.1) is 28.5 Å². The highest BCUT2D eigenvalue weighted by atomic mass is 19.1. The van der Waals surface area contributed by atoms with Crippen LogP contribution in [-0.4, -0.2) is 11.7 Å². The van der Waals surface area contributed by atoms with Crippen LogP contribution < -0.4 is 5.32 Å². The fraction of sp³-hybridized carbons (Fsp3) is 0. The number of hydrogen-bond acceptors (Lipinski definition) is 5. The first kappa shape index (κ1) is 15.1. The molecule has 114 valence electrons. The second kappa shape index (κ2) is 6.55. The molecule has 24 heavy (non-hydrogen) atoms. The monoisotopic (exact) mass is 315 g/mol. The third-order valence-electron chi connectivity index (χ3n) is 3.26. The number of halogens is 1. The summed E-state index contributed by atoms with van der Waals surface area (Å²) in [4.78, 5) is 8.68. The van der Waals surface area contributed by atoms with Crippen molar-refractivity contribution in [3.05, 3.63) is 77.2 Å². The van der Waals surface area contributed by atoms with Gasteiger partial charge in [0.25, 0.3) is 0 Å². The molecule has 0 bridgehead atoms. The molecule has 0 aliphatic carbocycles. The highest BCUT2D eigenvalue weighted by molar-refractivity contribution is 6.22. The summed E-state index contributed by atoms with van der Waals surface area (Å²) in [6, 6.07) is 18.5. The van der Waals surface area contributed by atoms with Crippen LogP contribution >= 0.6 is 0 Å². The van der Waals surface area contributed by atoms with E-state index in [1.54, 1.807) is 0 Å². The molecule has 0 unspecified atom stereocenters. The number of nitriles is 2. The Morgan fingerprint density at radius 3 is 2.21 bits per heavy atom. The standard InChI is InChI=1S/C18H10FN5/c19-14-6-8-15(9-7-14)22-18-16(13(10-20)11-21)23-17(24-18)12-4-2-1-3-5-12/h1-9H,(H,22,23,24). The van der Waals surface area contributed by atoms with Gasteiger partial charge >= 0.3 is 0 Å². The number of rotatable bonds is 2. The van der Waals surface area contributed by atoms with Crippen molar-refractivity contribution >= 4 is 17.4 Å². The molecule has 0 spiro atoms. The Morgan fingerprint density at radius 1 is 0.917 bits per heavy atom. The molecule has 6 heteroatoms. The van der Waals surface area contributed by atoms with E-state index in [-0.39, 0.29) is 22.9 Å². The average molecular weight is 315 g/mol. The van der Waals surface area contributed by atoms with Crippen LogP contribution in [0.5, 0.6) is 0 Å². The lowest BCUT2D eigenvalue weighted by Crippen LogP contribution is -2.13. The minimum atomic E-state index is -0.361. The fourth-order valence-corrected chi connectivity index (χ4v) is 2.12. The van der Waals surface area contributed by atoms with E-state index in [0.29, 0.717) is 11.5 Å². The summed E-state index contributed by atoms with van der Waals surface area (Å²) in [7, 11) is 0. The van der Waals surface area contributed by atoms with Crippen molar-refractivity contribution in [3.8, 4) is 12.1 Å². The van der Waals surface area contributed by atoms with E-state index < -0.39 is 0 Å². The van der Waals surface area contributed by atoms with Crippen LogP contribution in [0.25, 0.3) is 0 Å². The Kier molecular flexibility index (Phi) is 4.13. The molecule has 3 rings (SSSR count). The third kappa shape index (κ3) is 3.03. The maximum atomic E-state index is 13.0. The Hall–Kier alpha value is -3.77. The van der Waals surface area contributed by atoms with E-state index in [2.05, 4.69) is 15.3 Å². The van der Waals surface area contributed by atoms with Crippen molar-refractivity contribution in [1.82, 2.24) is 0 Å². The Bertz CT molecular complexity index is 926. The quantitative estimate of drug-likeness (QED) is 0.862. The lowest BCUT2D eigenvalue weighted by Gasteiger charge is -2.06. The van der Waals surface area contributed by atoms with E-state index in [1.165, 1.54) is 24.3 Å². The molecule has 2 aromatic rings. The predicted octanol–water partition coefficient (Wildman–Crippen LogP) is 3.40. The van der Waals surface area contributed by atoms with Gasteiger partial charge in [0.1, 0.15) is 23.7 Å². The molecule has 0 atom stereocenters. The van der Waals surface area contributed by atoms with E-state index in [0.717, 1.165) is 5.56 Å². The summed E-state index contributed by atoms with van der Waals surface area (Å²) in [6.45, 7) is 0. The van der Waals surface area contributed by atoms with Crippen molar-refractivity contribution in [2.45, 2.75) is 0 Å². The summed E-state index contributed by atoms with van der Waals surface area (Å²) in [5, 5.41) is 21.2. The van der Waals surface area contributed by atoms with Crippen molar-refractivity contribution in [3.63, 3.8) is 0 Å². The molecule has 0 amide bonds. The van der Waals surface area contributed by atoms with Crippen molar-refractivity contribution in [2.75, 3.05) is 5.32 Å². The minimum Gasteiger partial charge on any atom is -0.338 e. The van der Waals surface area contributed by atoms with E-state index in [1.807, 2.05) is 42.5 Å². The summed E-state index contributed by atoms with van der Waals surface area (Å²) in [5.74, 6) is 0.317. The zero-order chi connectivity index (χ0) is 16.9. The molecule has 0 aromatic heterocycles. The molecular weight excluding hydrogens is 305 g/mol. The second-order valence-corrected chi connectivity index (χ2v) is 4.84. The van der Waals surface area contributed by atoms with Gasteiger partial charge in [-0.05, 0) is 24.3 Å². The average Bonchev–Trinajstić information content (AvgIpc) is 3.03. The molecule has 1 aliphatic rings. The van der Waals surface area contributed by atoms with Crippen LogP contribution in [0.3, 0.4) is 0 Å². The summed E-state index contributed by atoms with van der Waals surface area (Å²) in [5.41, 5.74) is 1.37. The highest BCUT2D eigenvalue weighted by Gasteiger charge is 2.22. The van der Waals surface area contributed by atoms with Crippen molar-refractivity contribution in [2.24, 2.45) is 9.98 Å². The number of anilines is 1. The van der Waals surface area contributed by atoms with E-state index in [9.17, 15) is 4.39 Å². The van der Waals surface area contributed by atoms with Gasteiger partial charge in [0, 0.05) is 11.3 Å². The Labute approximate surface area is 137 Å². The van der Waals surface area contributed by atoms with Crippen LogP contribution in [0.2, 0.25) is 0 Å². The number of aliphatic imine (C=N–C) groups is 2. The molecule has 0 saturated carbocycles. The summed E-state index contributed by atoms with van der Waals surface area (Å²) < 4.78 is 13.0. The SMILES string of the molecule is N#CC(C#N)=C1N=C(c2ccccc2)N=C1Nc1ccc(F)cc1. The van der Waals surface area contributed by atoms with Gasteiger partial charge in [0.2, 0.25) is 0 Å². The lowest BCUT2D eigenvalue weighted by molar-refractivity contribution is 0.628. The number of allylic oxidation sites excluding steroid dienone is 1. The zero-order valence-electron chi connectivity index (χ0n) is 12.4. The zero-order valence-corrected chi connectivity index (χ0v) is 12.4. The molecule has 1 N–H and O–H groups in total. The Balaban J connectivity index is 2.02. The van der Waals surface area contributed by atoms with Gasteiger partial charge in [-0.2, -0.15) is 10.5 Å². The maximum Gasteiger partial charge on any atom is 0.162 e. The smallest absolute Gasteiger partial charge is 0.162 e. The Morgan fingerprint density at radius 2 is 1.58 bits per heavy atom. The van der Waals surface area contributed by atoms with Gasteiger partial charge in [-0.15, -0.1) is 0 Å². The summed E-state index contributed by atoms with van der Waals surface area (Å²) in [6.07, 6.45) is 0. The molecule has 0 radical (unpaired) electrons. The number of nitrogens with one attached hydrogen (secondary N) is 1. The van der Waals surface area contributed by atoms with Crippen molar-refractivity contribution in [1.29, 1.82) is 10.5 Å². The molecule has 1 aliphatic heterocycles. The maximum absolute atomic E-state index is 13.0.